The molecule has 1 aliphatic heterocycles. The summed E-state index contributed by atoms with van der Waals surface area (Å²) in [4.78, 5) is 37.1. The number of ketones is 2. The van der Waals surface area contributed by atoms with Gasteiger partial charge in [-0.2, -0.15) is 4.91 Å². The van der Waals surface area contributed by atoms with Crippen molar-refractivity contribution in [3.63, 3.8) is 0 Å². The first-order valence-electron chi connectivity index (χ1n) is 8.81. The maximum atomic E-state index is 13.2. The first-order valence-corrected chi connectivity index (χ1v) is 8.81. The number of hydrogen-bond donors (Lipinski definition) is 1. The van der Waals surface area contributed by atoms with Crippen molar-refractivity contribution in [1.29, 1.82) is 0 Å². The number of hydrogen-bond acceptors (Lipinski definition) is 6. The molecule has 4 aliphatic rings. The Balaban J connectivity index is 1.89. The van der Waals surface area contributed by atoms with E-state index in [1.807, 2.05) is 13.8 Å². The van der Waals surface area contributed by atoms with Crippen molar-refractivity contribution in [2.45, 2.75) is 63.1 Å². The van der Waals surface area contributed by atoms with Crippen LogP contribution in [-0.2, 0) is 14.3 Å². The van der Waals surface area contributed by atoms with Gasteiger partial charge in [-0.05, 0) is 37.7 Å². The maximum Gasteiger partial charge on any atom is 0.156 e. The first-order chi connectivity index (χ1) is 11.3. The number of nitrogens with zero attached hydrogens (tertiary/aromatic N) is 1. The number of fused-ring (bicyclic) bond motifs is 3. The van der Waals surface area contributed by atoms with Gasteiger partial charge in [0.05, 0.1) is 23.2 Å². The fourth-order valence-corrected chi connectivity index (χ4v) is 5.99. The summed E-state index contributed by atoms with van der Waals surface area (Å²) in [6, 6.07) is -0.691. The van der Waals surface area contributed by atoms with Crippen LogP contribution in [0.15, 0.2) is 16.8 Å². The minimum absolute atomic E-state index is 0.0268. The molecule has 2 saturated carbocycles. The van der Waals surface area contributed by atoms with E-state index in [4.69, 9.17) is 10.5 Å². The van der Waals surface area contributed by atoms with Crippen molar-refractivity contribution in [3.8, 4) is 0 Å². The smallest absolute Gasteiger partial charge is 0.156 e. The van der Waals surface area contributed by atoms with Crippen LogP contribution < -0.4 is 5.73 Å². The molecule has 6 nitrogen and oxygen atoms in total. The highest BCUT2D eigenvalue weighted by Gasteiger charge is 2.74. The van der Waals surface area contributed by atoms with Crippen molar-refractivity contribution < 1.29 is 14.3 Å². The summed E-state index contributed by atoms with van der Waals surface area (Å²) < 4.78 is 6.08. The molecule has 2 N–H and O–H groups in total. The van der Waals surface area contributed by atoms with Crippen LogP contribution in [0.2, 0.25) is 0 Å². The molecular weight excluding hydrogens is 308 g/mol. The van der Waals surface area contributed by atoms with Crippen molar-refractivity contribution in [2.75, 3.05) is 6.61 Å². The van der Waals surface area contributed by atoms with E-state index in [1.165, 1.54) is 0 Å². The largest absolute Gasteiger partial charge is 0.374 e. The average molecular weight is 332 g/mol. The van der Waals surface area contributed by atoms with Crippen LogP contribution in [-0.4, -0.2) is 35.4 Å². The van der Waals surface area contributed by atoms with Crippen LogP contribution in [0.4, 0.5) is 0 Å². The zero-order valence-corrected chi connectivity index (χ0v) is 14.2. The lowest BCUT2D eigenvalue weighted by Gasteiger charge is -2.60. The van der Waals surface area contributed by atoms with Crippen LogP contribution in [0, 0.1) is 22.2 Å². The molecule has 0 amide bonds. The van der Waals surface area contributed by atoms with Gasteiger partial charge in [0.2, 0.25) is 0 Å². The molecular formula is C18H24N2O4. The van der Waals surface area contributed by atoms with Crippen LogP contribution in [0.5, 0.6) is 0 Å². The minimum atomic E-state index is -1.09. The van der Waals surface area contributed by atoms with Gasteiger partial charge in [-0.15, -0.1) is 0 Å². The van der Waals surface area contributed by atoms with Gasteiger partial charge in [0.15, 0.2) is 5.78 Å². The summed E-state index contributed by atoms with van der Waals surface area (Å²) in [6.07, 6.45) is 4.03. The third-order valence-corrected chi connectivity index (χ3v) is 7.40. The first kappa shape index (κ1) is 16.1. The second kappa shape index (κ2) is 4.82. The third-order valence-electron chi connectivity index (χ3n) is 7.40. The molecule has 0 aromatic rings. The van der Waals surface area contributed by atoms with Crippen LogP contribution in [0.3, 0.4) is 0 Å². The Morgan fingerprint density at radius 2 is 2.12 bits per heavy atom. The van der Waals surface area contributed by atoms with E-state index in [2.05, 4.69) is 5.18 Å². The lowest BCUT2D eigenvalue weighted by Crippen LogP contribution is -2.76. The summed E-state index contributed by atoms with van der Waals surface area (Å²) in [6.45, 7) is 4.15. The summed E-state index contributed by atoms with van der Waals surface area (Å²) in [5.74, 6) is -0.173. The van der Waals surface area contributed by atoms with Gasteiger partial charge >= 0.3 is 0 Å². The van der Waals surface area contributed by atoms with Gasteiger partial charge in [-0.3, -0.25) is 9.59 Å². The average Bonchev–Trinajstić information content (AvgIpc) is 2.90. The Bertz CT molecular complexity index is 674. The Morgan fingerprint density at radius 3 is 2.79 bits per heavy atom. The van der Waals surface area contributed by atoms with Gasteiger partial charge < -0.3 is 10.5 Å². The topological polar surface area (TPSA) is 98.8 Å². The molecule has 6 atom stereocenters. The molecule has 1 heterocycles. The molecule has 0 radical (unpaired) electrons. The zero-order chi connectivity index (χ0) is 17.3. The van der Waals surface area contributed by atoms with E-state index in [1.54, 1.807) is 6.08 Å². The summed E-state index contributed by atoms with van der Waals surface area (Å²) >= 11 is 0. The highest BCUT2D eigenvalue weighted by Crippen LogP contribution is 2.64. The van der Waals surface area contributed by atoms with Gasteiger partial charge in [-0.25, -0.2) is 0 Å². The molecule has 1 spiro atoms. The van der Waals surface area contributed by atoms with Gasteiger partial charge in [0.25, 0.3) is 0 Å². The second-order valence-corrected chi connectivity index (χ2v) is 8.24. The highest BCUT2D eigenvalue weighted by atomic mass is 16.5. The molecule has 4 rings (SSSR count). The molecule has 0 aromatic heterocycles. The number of nitrogens with two attached hydrogens (primary N) is 1. The van der Waals surface area contributed by atoms with Crippen LogP contribution in [0.1, 0.15) is 46.0 Å². The number of rotatable bonds is 2. The van der Waals surface area contributed by atoms with E-state index >= 15 is 0 Å². The lowest BCUT2D eigenvalue weighted by molar-refractivity contribution is -0.149. The predicted molar refractivity (Wildman–Crippen MR) is 87.1 cm³/mol. The van der Waals surface area contributed by atoms with E-state index < -0.39 is 22.6 Å². The van der Waals surface area contributed by atoms with Crippen LogP contribution in [0.25, 0.3) is 0 Å². The number of carbonyl (C=O) groups is 2. The Morgan fingerprint density at radius 1 is 1.38 bits per heavy atom. The fraction of sp³-hybridized carbons (Fsp3) is 0.778. The van der Waals surface area contributed by atoms with Gasteiger partial charge in [0, 0.05) is 19.3 Å². The maximum absolute atomic E-state index is 13.2. The molecule has 2 bridgehead atoms. The quantitative estimate of drug-likeness (QED) is 0.779. The highest BCUT2D eigenvalue weighted by molar-refractivity contribution is 5.95. The minimum Gasteiger partial charge on any atom is -0.374 e. The fourth-order valence-electron chi connectivity index (χ4n) is 5.99. The van der Waals surface area contributed by atoms with E-state index in [-0.39, 0.29) is 30.0 Å². The number of allylic oxidation sites excluding steroid dienone is 2. The standard InChI is InChI=1S/C18H24N2O4/c1-3-16-7-14(20-23)18(19)13-5-11(21)4-10(2)12(13)6-15(22)17(18,8-16)9-24-16/h4,12-14H,3,5-9,19H2,1-2H3/t12-,13?,14?,16-,17?,18+/m0/s1. The van der Waals surface area contributed by atoms with Gasteiger partial charge in [0.1, 0.15) is 11.8 Å². The molecule has 3 unspecified atom stereocenters. The normalized spacial score (nSPS) is 50.1. The predicted octanol–water partition coefficient (Wildman–Crippen LogP) is 1.90. The molecule has 130 valence electrons. The number of ether oxygens (including phenoxy) is 1. The van der Waals surface area contributed by atoms with E-state index in [0.717, 1.165) is 12.0 Å². The number of Topliss-reactive ketones (excluding diaryl/α,β-unsaturated/α-hetero) is 1. The lowest BCUT2D eigenvalue weighted by atomic mass is 9.44. The number of nitroso groups, excluding NO2 is 1. The monoisotopic (exact) mass is 332 g/mol. The summed E-state index contributed by atoms with van der Waals surface area (Å²) in [5.41, 5.74) is 5.36. The summed E-state index contributed by atoms with van der Waals surface area (Å²) in [5, 5.41) is 3.37. The van der Waals surface area contributed by atoms with Crippen molar-refractivity contribution in [3.05, 3.63) is 16.6 Å². The molecule has 6 heteroatoms. The SMILES string of the molecule is CC[C@@]12CC(N=O)[C@]3(N)C4CC(=O)C=C(C)[C@@H]4CC(=O)C3(CO1)C2. The molecule has 0 aromatic carbocycles. The molecule has 24 heavy (non-hydrogen) atoms. The van der Waals surface area contributed by atoms with Crippen molar-refractivity contribution in [1.82, 2.24) is 0 Å². The zero-order valence-electron chi connectivity index (χ0n) is 14.2. The molecule has 1 saturated heterocycles. The van der Waals surface area contributed by atoms with Gasteiger partial charge in [-0.1, -0.05) is 17.7 Å². The van der Waals surface area contributed by atoms with E-state index in [9.17, 15) is 14.5 Å². The van der Waals surface area contributed by atoms with Crippen LogP contribution >= 0.6 is 0 Å². The molecule has 3 fully saturated rings. The Labute approximate surface area is 141 Å². The molecule has 3 aliphatic carbocycles. The summed E-state index contributed by atoms with van der Waals surface area (Å²) in [7, 11) is 0. The second-order valence-electron chi connectivity index (χ2n) is 8.24. The Hall–Kier alpha value is -1.40. The number of carbonyl (C=O) groups excluding carboxylic acids is 2. The Kier molecular flexibility index (Phi) is 3.23. The van der Waals surface area contributed by atoms with E-state index in [0.29, 0.717) is 25.7 Å². The van der Waals surface area contributed by atoms with Crippen molar-refractivity contribution >= 4 is 11.6 Å². The third kappa shape index (κ3) is 1.68. The van der Waals surface area contributed by atoms with Crippen molar-refractivity contribution in [2.24, 2.45) is 28.2 Å².